The Hall–Kier alpha value is -3.46. The van der Waals surface area contributed by atoms with E-state index in [-0.39, 0.29) is 18.4 Å². The van der Waals surface area contributed by atoms with Crippen molar-refractivity contribution in [3.05, 3.63) is 53.3 Å². The van der Waals surface area contributed by atoms with Gasteiger partial charge in [-0.3, -0.25) is 24.6 Å². The maximum atomic E-state index is 14.3. The molecule has 0 bridgehead atoms. The van der Waals surface area contributed by atoms with Gasteiger partial charge >= 0.3 is 0 Å². The van der Waals surface area contributed by atoms with Crippen molar-refractivity contribution in [3.8, 4) is 11.5 Å². The van der Waals surface area contributed by atoms with Gasteiger partial charge in [0.15, 0.2) is 11.5 Å². The summed E-state index contributed by atoms with van der Waals surface area (Å²) >= 11 is 0. The molecule has 0 aliphatic carbocycles. The fourth-order valence-corrected chi connectivity index (χ4v) is 6.04. The first-order valence-corrected chi connectivity index (χ1v) is 12.2. The van der Waals surface area contributed by atoms with Crippen LogP contribution in [0.5, 0.6) is 11.5 Å². The summed E-state index contributed by atoms with van der Waals surface area (Å²) in [4.78, 5) is 42.2. The van der Waals surface area contributed by atoms with Crippen molar-refractivity contribution in [1.29, 1.82) is 0 Å². The van der Waals surface area contributed by atoms with Crippen LogP contribution in [0.4, 0.5) is 10.1 Å². The zero-order valence-electron chi connectivity index (χ0n) is 20.8. The summed E-state index contributed by atoms with van der Waals surface area (Å²) in [5.41, 5.74) is 0.244. The fourth-order valence-electron chi connectivity index (χ4n) is 6.04. The monoisotopic (exact) mass is 495 g/mol. The van der Waals surface area contributed by atoms with Gasteiger partial charge in [0, 0.05) is 23.8 Å². The van der Waals surface area contributed by atoms with Crippen LogP contribution in [0.1, 0.15) is 31.4 Å². The molecule has 3 heterocycles. The number of rotatable bonds is 7. The van der Waals surface area contributed by atoms with Crippen LogP contribution in [-0.2, 0) is 26.3 Å². The van der Waals surface area contributed by atoms with Gasteiger partial charge in [-0.15, -0.1) is 0 Å². The van der Waals surface area contributed by atoms with Crippen LogP contribution in [0.15, 0.2) is 36.4 Å². The third kappa shape index (κ3) is 3.56. The molecule has 5 rings (SSSR count). The summed E-state index contributed by atoms with van der Waals surface area (Å²) in [5, 5.41) is 6.14. The molecular formula is C27H30FN3O5. The first kappa shape index (κ1) is 24.2. The van der Waals surface area contributed by atoms with Gasteiger partial charge in [0.05, 0.1) is 26.1 Å². The Morgan fingerprint density at radius 3 is 2.47 bits per heavy atom. The van der Waals surface area contributed by atoms with Crippen molar-refractivity contribution in [2.24, 2.45) is 17.8 Å². The normalized spacial score (nSPS) is 26.6. The minimum Gasteiger partial charge on any atom is -0.493 e. The van der Waals surface area contributed by atoms with Crippen molar-refractivity contribution >= 4 is 23.4 Å². The molecule has 0 aromatic heterocycles. The van der Waals surface area contributed by atoms with Gasteiger partial charge in [-0.05, 0) is 54.7 Å². The first-order valence-electron chi connectivity index (χ1n) is 12.2. The van der Waals surface area contributed by atoms with Gasteiger partial charge in [-0.1, -0.05) is 19.9 Å². The van der Waals surface area contributed by atoms with Crippen molar-refractivity contribution in [1.82, 2.24) is 10.2 Å². The summed E-state index contributed by atoms with van der Waals surface area (Å²) in [6.07, 6.45) is 1.02. The van der Waals surface area contributed by atoms with Crippen LogP contribution in [-0.4, -0.2) is 49.4 Å². The van der Waals surface area contributed by atoms with Gasteiger partial charge in [0.1, 0.15) is 11.4 Å². The molecule has 3 aliphatic rings. The topological polar surface area (TPSA) is 97.0 Å². The molecule has 36 heavy (non-hydrogen) atoms. The lowest BCUT2D eigenvalue weighted by molar-refractivity contribution is -0.142. The number of benzene rings is 2. The summed E-state index contributed by atoms with van der Waals surface area (Å²) < 4.78 is 25.0. The van der Waals surface area contributed by atoms with E-state index >= 15 is 0 Å². The molecule has 2 unspecified atom stereocenters. The van der Waals surface area contributed by atoms with Crippen LogP contribution in [0.3, 0.4) is 0 Å². The number of imide groups is 1. The molecule has 0 saturated carbocycles. The predicted molar refractivity (Wildman–Crippen MR) is 130 cm³/mol. The minimum atomic E-state index is -1.48. The largest absolute Gasteiger partial charge is 0.493 e. The second-order valence-corrected chi connectivity index (χ2v) is 10.1. The summed E-state index contributed by atoms with van der Waals surface area (Å²) in [5.74, 6) is -1.90. The van der Waals surface area contributed by atoms with Crippen molar-refractivity contribution in [2.75, 3.05) is 26.1 Å². The van der Waals surface area contributed by atoms with E-state index in [1.165, 1.54) is 23.1 Å². The van der Waals surface area contributed by atoms with Gasteiger partial charge in [0.25, 0.3) is 0 Å². The molecule has 8 nitrogen and oxygen atoms in total. The fraction of sp³-hybridized carbons (Fsp3) is 0.444. The van der Waals surface area contributed by atoms with Crippen LogP contribution in [0.2, 0.25) is 0 Å². The van der Waals surface area contributed by atoms with E-state index in [4.69, 9.17) is 9.47 Å². The maximum Gasteiger partial charge on any atom is 0.250 e. The highest BCUT2D eigenvalue weighted by Gasteiger charge is 2.70. The molecular weight excluding hydrogens is 465 g/mol. The van der Waals surface area contributed by atoms with Gasteiger partial charge in [-0.25, -0.2) is 4.39 Å². The number of likely N-dealkylation sites (tertiary alicyclic amines) is 1. The summed E-state index contributed by atoms with van der Waals surface area (Å²) in [6, 6.07) is 9.13. The second kappa shape index (κ2) is 8.89. The third-order valence-corrected chi connectivity index (χ3v) is 7.57. The Morgan fingerprint density at radius 1 is 1.03 bits per heavy atom. The predicted octanol–water partition coefficient (Wildman–Crippen LogP) is 2.85. The Balaban J connectivity index is 1.49. The van der Waals surface area contributed by atoms with E-state index in [9.17, 15) is 18.8 Å². The molecule has 2 aromatic rings. The number of hydrogen-bond acceptors (Lipinski definition) is 6. The summed E-state index contributed by atoms with van der Waals surface area (Å²) in [6.45, 7) is 4.22. The van der Waals surface area contributed by atoms with Gasteiger partial charge < -0.3 is 14.8 Å². The van der Waals surface area contributed by atoms with Crippen molar-refractivity contribution < 1.29 is 28.2 Å². The molecule has 3 amide bonds. The SMILES string of the molecule is COc1ccc(CCN2C(=O)[C@@H]3C(CC(C)C)NC4(C(=O)Nc5ccc(F)cc54)[C@@H]3C2=O)cc1OC. The highest BCUT2D eigenvalue weighted by molar-refractivity contribution is 6.15. The lowest BCUT2D eigenvalue weighted by Crippen LogP contribution is -2.53. The number of carbonyl (C=O) groups is 3. The van der Waals surface area contributed by atoms with E-state index in [0.717, 1.165) is 5.56 Å². The number of anilines is 1. The molecule has 1 spiro atoms. The number of amides is 3. The molecule has 190 valence electrons. The van der Waals surface area contributed by atoms with Crippen LogP contribution in [0.25, 0.3) is 0 Å². The first-order chi connectivity index (χ1) is 17.2. The standard InChI is InChI=1S/C27H30FN3O5/c1-14(2)11-19-22-23(27(30-19)17-13-16(28)6-7-18(17)29-26(27)34)25(33)31(24(22)32)10-9-15-5-8-20(35-3)21(12-15)36-4/h5-8,12-14,19,22-23,30H,9-11H2,1-4H3,(H,29,34)/t19?,22-,23+,27?/m1/s1. The van der Waals surface area contributed by atoms with E-state index in [0.29, 0.717) is 35.6 Å². The third-order valence-electron chi connectivity index (χ3n) is 7.57. The Bertz CT molecular complexity index is 1250. The molecule has 9 heteroatoms. The van der Waals surface area contributed by atoms with Gasteiger partial charge in [0.2, 0.25) is 17.7 Å². The van der Waals surface area contributed by atoms with E-state index in [1.54, 1.807) is 20.3 Å². The van der Waals surface area contributed by atoms with Gasteiger partial charge in [-0.2, -0.15) is 0 Å². The highest BCUT2D eigenvalue weighted by atomic mass is 19.1. The minimum absolute atomic E-state index is 0.169. The number of halogens is 1. The molecule has 3 aliphatic heterocycles. The average Bonchev–Trinajstić information content (AvgIpc) is 3.41. The molecule has 2 saturated heterocycles. The van der Waals surface area contributed by atoms with E-state index in [2.05, 4.69) is 10.6 Å². The zero-order valence-corrected chi connectivity index (χ0v) is 20.8. The summed E-state index contributed by atoms with van der Waals surface area (Å²) in [7, 11) is 3.10. The van der Waals surface area contributed by atoms with E-state index in [1.807, 2.05) is 26.0 Å². The van der Waals surface area contributed by atoms with Crippen LogP contribution < -0.4 is 20.1 Å². The number of ether oxygens (including phenoxy) is 2. The lowest BCUT2D eigenvalue weighted by Gasteiger charge is -2.30. The van der Waals surface area contributed by atoms with E-state index < -0.39 is 41.0 Å². The Morgan fingerprint density at radius 2 is 1.78 bits per heavy atom. The zero-order chi connectivity index (χ0) is 25.8. The van der Waals surface area contributed by atoms with Crippen LogP contribution >= 0.6 is 0 Å². The highest BCUT2D eigenvalue weighted by Crippen LogP contribution is 2.53. The molecule has 0 radical (unpaired) electrons. The molecule has 2 fully saturated rings. The Labute approximate surface area is 209 Å². The number of hydrogen-bond donors (Lipinski definition) is 2. The van der Waals surface area contributed by atoms with Crippen LogP contribution in [0, 0.1) is 23.6 Å². The molecule has 2 N–H and O–H groups in total. The maximum absolute atomic E-state index is 14.3. The van der Waals surface area contributed by atoms with Crippen molar-refractivity contribution in [2.45, 2.75) is 38.3 Å². The second-order valence-electron chi connectivity index (χ2n) is 10.1. The molecule has 4 atom stereocenters. The molecule has 2 aromatic carbocycles. The number of methoxy groups -OCH3 is 2. The number of carbonyl (C=O) groups excluding carboxylic acids is 3. The average molecular weight is 496 g/mol. The number of fused-ring (bicyclic) bond motifs is 4. The Kier molecular flexibility index (Phi) is 5.98. The lowest BCUT2D eigenvalue weighted by atomic mass is 9.76. The smallest absolute Gasteiger partial charge is 0.250 e. The quantitative estimate of drug-likeness (QED) is 0.574. The number of nitrogens with zero attached hydrogens (tertiary/aromatic N) is 1. The number of nitrogens with one attached hydrogen (secondary N) is 2. The van der Waals surface area contributed by atoms with Crippen molar-refractivity contribution in [3.63, 3.8) is 0 Å².